The molecule has 0 radical (unpaired) electrons. The van der Waals surface area contributed by atoms with Gasteiger partial charge in [0.1, 0.15) is 5.82 Å². The van der Waals surface area contributed by atoms with Crippen LogP contribution in [0.25, 0.3) is 5.69 Å². The molecule has 0 spiro atoms. The van der Waals surface area contributed by atoms with E-state index < -0.39 is 5.82 Å². The molecule has 0 fully saturated rings. The Balaban J connectivity index is 2.58. The minimum atomic E-state index is -0.417. The van der Waals surface area contributed by atoms with Crippen molar-refractivity contribution in [1.82, 2.24) is 9.55 Å². The normalized spacial score (nSPS) is 10.5. The van der Waals surface area contributed by atoms with Crippen LogP contribution in [-0.4, -0.2) is 9.55 Å². The first-order valence-electron chi connectivity index (χ1n) is 4.43. The maximum Gasteiger partial charge on any atom is 0.149 e. The van der Waals surface area contributed by atoms with Crippen LogP contribution in [0.5, 0.6) is 0 Å². The second-order valence-corrected chi connectivity index (χ2v) is 3.35. The zero-order valence-corrected chi connectivity index (χ0v) is 8.24. The average molecular weight is 206 g/mol. The van der Waals surface area contributed by atoms with Gasteiger partial charge in [-0.1, -0.05) is 0 Å². The van der Waals surface area contributed by atoms with Gasteiger partial charge in [-0.3, -0.25) is 0 Å². The first-order valence-corrected chi connectivity index (χ1v) is 4.43. The third kappa shape index (κ3) is 1.63. The first-order chi connectivity index (χ1) is 7.08. The third-order valence-electron chi connectivity index (χ3n) is 2.14. The van der Waals surface area contributed by atoms with E-state index >= 15 is 0 Å². The van der Waals surface area contributed by atoms with E-state index in [0.717, 1.165) is 5.69 Å². The number of anilines is 2. The number of halogens is 1. The van der Waals surface area contributed by atoms with Crippen molar-refractivity contribution in [2.24, 2.45) is 0 Å². The molecule has 1 aromatic carbocycles. The Bertz CT molecular complexity index is 504. The molecule has 0 unspecified atom stereocenters. The number of imidazole rings is 1. The lowest BCUT2D eigenvalue weighted by molar-refractivity contribution is 0.619. The van der Waals surface area contributed by atoms with Crippen LogP contribution < -0.4 is 11.5 Å². The van der Waals surface area contributed by atoms with Crippen molar-refractivity contribution in [3.05, 3.63) is 36.2 Å². The molecule has 0 saturated heterocycles. The molecule has 0 aliphatic carbocycles. The van der Waals surface area contributed by atoms with Gasteiger partial charge in [-0.05, 0) is 13.0 Å². The van der Waals surface area contributed by atoms with E-state index in [2.05, 4.69) is 4.98 Å². The number of rotatable bonds is 1. The second kappa shape index (κ2) is 3.27. The molecule has 0 amide bonds. The lowest BCUT2D eigenvalue weighted by Crippen LogP contribution is -2.01. The monoisotopic (exact) mass is 206 g/mol. The van der Waals surface area contributed by atoms with Gasteiger partial charge in [-0.2, -0.15) is 0 Å². The van der Waals surface area contributed by atoms with E-state index in [4.69, 9.17) is 11.5 Å². The number of aryl methyl sites for hydroxylation is 1. The van der Waals surface area contributed by atoms with Gasteiger partial charge < -0.3 is 16.0 Å². The van der Waals surface area contributed by atoms with Gasteiger partial charge in [0.2, 0.25) is 0 Å². The highest BCUT2D eigenvalue weighted by Crippen LogP contribution is 2.22. The standard InChI is InChI=1S/C10H11FN4/c1-6-4-15(5-14-6)10-3-9(13)8(12)2-7(10)11/h2-5H,12-13H2,1H3. The highest BCUT2D eigenvalue weighted by atomic mass is 19.1. The van der Waals surface area contributed by atoms with E-state index in [-0.39, 0.29) is 5.69 Å². The number of aromatic nitrogens is 2. The van der Waals surface area contributed by atoms with Gasteiger partial charge in [-0.25, -0.2) is 9.37 Å². The van der Waals surface area contributed by atoms with Crippen LogP contribution in [0.15, 0.2) is 24.7 Å². The van der Waals surface area contributed by atoms with Crippen LogP contribution in [0.4, 0.5) is 15.8 Å². The molecule has 0 aliphatic rings. The van der Waals surface area contributed by atoms with E-state index in [1.165, 1.54) is 18.5 Å². The van der Waals surface area contributed by atoms with Crippen LogP contribution in [0.1, 0.15) is 5.69 Å². The quantitative estimate of drug-likeness (QED) is 0.694. The fourth-order valence-corrected chi connectivity index (χ4v) is 1.34. The minimum Gasteiger partial charge on any atom is -0.397 e. The van der Waals surface area contributed by atoms with Gasteiger partial charge in [0, 0.05) is 12.3 Å². The summed E-state index contributed by atoms with van der Waals surface area (Å²) in [6, 6.07) is 2.70. The zero-order chi connectivity index (χ0) is 11.0. The zero-order valence-electron chi connectivity index (χ0n) is 8.24. The lowest BCUT2D eigenvalue weighted by Gasteiger charge is -2.07. The molecule has 2 rings (SSSR count). The SMILES string of the molecule is Cc1cn(-c2cc(N)c(N)cc2F)cn1. The number of nitrogens with two attached hydrogens (primary N) is 2. The average Bonchev–Trinajstić information content (AvgIpc) is 2.58. The summed E-state index contributed by atoms with van der Waals surface area (Å²) in [5.41, 5.74) is 12.9. The van der Waals surface area contributed by atoms with Gasteiger partial charge in [0.15, 0.2) is 0 Å². The summed E-state index contributed by atoms with van der Waals surface area (Å²) >= 11 is 0. The smallest absolute Gasteiger partial charge is 0.149 e. The summed E-state index contributed by atoms with van der Waals surface area (Å²) in [6.07, 6.45) is 3.25. The van der Waals surface area contributed by atoms with Gasteiger partial charge in [-0.15, -0.1) is 0 Å². The summed E-state index contributed by atoms with van der Waals surface area (Å²) in [5.74, 6) is -0.417. The van der Waals surface area contributed by atoms with Crippen molar-refractivity contribution in [3.63, 3.8) is 0 Å². The highest BCUT2D eigenvalue weighted by Gasteiger charge is 2.07. The molecule has 78 valence electrons. The summed E-state index contributed by atoms with van der Waals surface area (Å²) in [4.78, 5) is 4.01. The van der Waals surface area contributed by atoms with Crippen LogP contribution in [-0.2, 0) is 0 Å². The fourth-order valence-electron chi connectivity index (χ4n) is 1.34. The molecule has 0 aliphatic heterocycles. The molecule has 4 N–H and O–H groups in total. The molecular weight excluding hydrogens is 195 g/mol. The van der Waals surface area contributed by atoms with Crippen molar-refractivity contribution in [2.75, 3.05) is 11.5 Å². The summed E-state index contributed by atoms with van der Waals surface area (Å²) in [6.45, 7) is 1.83. The molecule has 1 heterocycles. The Morgan fingerprint density at radius 2 is 1.93 bits per heavy atom. The van der Waals surface area contributed by atoms with Gasteiger partial charge >= 0.3 is 0 Å². The minimum absolute atomic E-state index is 0.244. The number of nitrogens with zero attached hydrogens (tertiary/aromatic N) is 2. The van der Waals surface area contributed by atoms with Crippen LogP contribution in [0.3, 0.4) is 0 Å². The first kappa shape index (κ1) is 9.51. The fraction of sp³-hybridized carbons (Fsp3) is 0.100. The highest BCUT2D eigenvalue weighted by molar-refractivity contribution is 5.67. The molecule has 4 nitrogen and oxygen atoms in total. The number of benzene rings is 1. The Morgan fingerprint density at radius 1 is 1.27 bits per heavy atom. The molecule has 0 bridgehead atoms. The van der Waals surface area contributed by atoms with Crippen molar-refractivity contribution >= 4 is 11.4 Å². The molecule has 0 saturated carbocycles. The molecule has 15 heavy (non-hydrogen) atoms. The van der Waals surface area contributed by atoms with Crippen LogP contribution in [0, 0.1) is 12.7 Å². The predicted octanol–water partition coefficient (Wildman–Crippen LogP) is 1.48. The number of hydrogen-bond acceptors (Lipinski definition) is 3. The second-order valence-electron chi connectivity index (χ2n) is 3.35. The van der Waals surface area contributed by atoms with E-state index in [9.17, 15) is 4.39 Å². The number of hydrogen-bond donors (Lipinski definition) is 2. The molecule has 1 aromatic heterocycles. The van der Waals surface area contributed by atoms with E-state index in [0.29, 0.717) is 11.4 Å². The molecular formula is C10H11FN4. The Labute approximate surface area is 86.3 Å². The lowest BCUT2D eigenvalue weighted by atomic mass is 10.2. The van der Waals surface area contributed by atoms with Crippen molar-refractivity contribution < 1.29 is 4.39 Å². The Kier molecular flexibility index (Phi) is 2.07. The predicted molar refractivity (Wildman–Crippen MR) is 57.1 cm³/mol. The van der Waals surface area contributed by atoms with Gasteiger partial charge in [0.05, 0.1) is 29.1 Å². The van der Waals surface area contributed by atoms with Gasteiger partial charge in [0.25, 0.3) is 0 Å². The van der Waals surface area contributed by atoms with Crippen LogP contribution >= 0.6 is 0 Å². The van der Waals surface area contributed by atoms with Crippen molar-refractivity contribution in [1.29, 1.82) is 0 Å². The van der Waals surface area contributed by atoms with Crippen molar-refractivity contribution in [3.8, 4) is 5.69 Å². The topological polar surface area (TPSA) is 69.9 Å². The Morgan fingerprint density at radius 3 is 2.53 bits per heavy atom. The maximum atomic E-state index is 13.5. The molecule has 5 heteroatoms. The largest absolute Gasteiger partial charge is 0.397 e. The van der Waals surface area contributed by atoms with E-state index in [1.807, 2.05) is 6.92 Å². The maximum absolute atomic E-state index is 13.5. The van der Waals surface area contributed by atoms with E-state index in [1.54, 1.807) is 10.8 Å². The number of nitrogen functional groups attached to an aromatic ring is 2. The molecule has 0 atom stereocenters. The Hall–Kier alpha value is -2.04. The summed E-state index contributed by atoms with van der Waals surface area (Å²) in [7, 11) is 0. The third-order valence-corrected chi connectivity index (χ3v) is 2.14. The molecule has 2 aromatic rings. The summed E-state index contributed by atoms with van der Waals surface area (Å²) in [5, 5.41) is 0. The summed E-state index contributed by atoms with van der Waals surface area (Å²) < 4.78 is 15.1. The van der Waals surface area contributed by atoms with Crippen LogP contribution in [0.2, 0.25) is 0 Å². The van der Waals surface area contributed by atoms with Crippen molar-refractivity contribution in [2.45, 2.75) is 6.92 Å².